The normalized spacial score (nSPS) is 30.7. The maximum absolute atomic E-state index is 12.1. The van der Waals surface area contributed by atoms with E-state index in [9.17, 15) is 19.8 Å². The molecule has 0 unspecified atom stereocenters. The number of ether oxygens (including phenoxy) is 1. The molecule has 8 nitrogen and oxygen atoms in total. The summed E-state index contributed by atoms with van der Waals surface area (Å²) in [5.74, 6) is 0. The van der Waals surface area contributed by atoms with Crippen molar-refractivity contribution in [3.05, 3.63) is 32.6 Å². The van der Waals surface area contributed by atoms with Crippen LogP contribution in [-0.4, -0.2) is 49.8 Å². The van der Waals surface area contributed by atoms with Gasteiger partial charge in [-0.1, -0.05) is 0 Å². The van der Waals surface area contributed by atoms with Crippen LogP contribution in [0.5, 0.6) is 0 Å². The number of nitrogens with one attached hydrogen (secondary N) is 1. The maximum atomic E-state index is 12.1. The van der Waals surface area contributed by atoms with E-state index in [1.807, 2.05) is 0 Å². The van der Waals surface area contributed by atoms with Crippen LogP contribution in [0, 0.1) is 0 Å². The van der Waals surface area contributed by atoms with Crippen LogP contribution in [0.3, 0.4) is 0 Å². The fourth-order valence-electron chi connectivity index (χ4n) is 2.17. The van der Waals surface area contributed by atoms with Gasteiger partial charge in [-0.3, -0.25) is 9.36 Å². The predicted molar refractivity (Wildman–Crippen MR) is 63.7 cm³/mol. The first-order valence-electron chi connectivity index (χ1n) is 5.96. The SMILES string of the molecule is CCn1c(=O)[nH]cc([C@H]2O[C@H](CO)[C@@H](O)[C@H]2O)c1=O. The first-order chi connectivity index (χ1) is 9.01. The van der Waals surface area contributed by atoms with Crippen molar-refractivity contribution in [3.63, 3.8) is 0 Å². The minimum Gasteiger partial charge on any atom is -0.394 e. The van der Waals surface area contributed by atoms with Gasteiger partial charge in [-0.25, -0.2) is 4.79 Å². The Morgan fingerprint density at radius 1 is 1.37 bits per heavy atom. The summed E-state index contributed by atoms with van der Waals surface area (Å²) in [4.78, 5) is 25.9. The van der Waals surface area contributed by atoms with E-state index in [4.69, 9.17) is 9.84 Å². The molecule has 8 heteroatoms. The van der Waals surface area contributed by atoms with Gasteiger partial charge in [0, 0.05) is 12.7 Å². The highest BCUT2D eigenvalue weighted by molar-refractivity contribution is 5.14. The Labute approximate surface area is 107 Å². The maximum Gasteiger partial charge on any atom is 0.328 e. The molecule has 106 valence electrons. The molecule has 0 saturated carbocycles. The van der Waals surface area contributed by atoms with Gasteiger partial charge in [-0.15, -0.1) is 0 Å². The van der Waals surface area contributed by atoms with Crippen LogP contribution in [0.2, 0.25) is 0 Å². The van der Waals surface area contributed by atoms with Gasteiger partial charge in [0.25, 0.3) is 5.56 Å². The zero-order valence-corrected chi connectivity index (χ0v) is 10.3. The minimum atomic E-state index is -1.33. The zero-order valence-electron chi connectivity index (χ0n) is 10.3. The molecule has 1 fully saturated rings. The first-order valence-corrected chi connectivity index (χ1v) is 5.96. The summed E-state index contributed by atoms with van der Waals surface area (Å²) < 4.78 is 6.22. The summed E-state index contributed by atoms with van der Waals surface area (Å²) in [6.45, 7) is 1.34. The average Bonchev–Trinajstić information content (AvgIpc) is 2.67. The van der Waals surface area contributed by atoms with Gasteiger partial charge in [0.05, 0.1) is 12.2 Å². The molecule has 1 aromatic heterocycles. The van der Waals surface area contributed by atoms with E-state index in [1.54, 1.807) is 6.92 Å². The highest BCUT2D eigenvalue weighted by Crippen LogP contribution is 2.31. The molecule has 0 radical (unpaired) electrons. The van der Waals surface area contributed by atoms with Gasteiger partial charge < -0.3 is 25.0 Å². The van der Waals surface area contributed by atoms with Crippen LogP contribution in [0.4, 0.5) is 0 Å². The van der Waals surface area contributed by atoms with E-state index in [-0.39, 0.29) is 12.1 Å². The number of aromatic amines is 1. The van der Waals surface area contributed by atoms with Crippen LogP contribution < -0.4 is 11.2 Å². The van der Waals surface area contributed by atoms with Crippen molar-refractivity contribution in [3.8, 4) is 0 Å². The molecule has 1 aliphatic heterocycles. The monoisotopic (exact) mass is 272 g/mol. The number of aromatic nitrogens is 2. The molecule has 2 rings (SSSR count). The van der Waals surface area contributed by atoms with E-state index >= 15 is 0 Å². The highest BCUT2D eigenvalue weighted by atomic mass is 16.6. The van der Waals surface area contributed by atoms with E-state index in [0.717, 1.165) is 10.8 Å². The van der Waals surface area contributed by atoms with Gasteiger partial charge in [0.2, 0.25) is 0 Å². The molecule has 0 spiro atoms. The van der Waals surface area contributed by atoms with Crippen LogP contribution in [0.25, 0.3) is 0 Å². The van der Waals surface area contributed by atoms with Gasteiger partial charge in [-0.05, 0) is 6.92 Å². The largest absolute Gasteiger partial charge is 0.394 e. The van der Waals surface area contributed by atoms with Crippen LogP contribution >= 0.6 is 0 Å². The van der Waals surface area contributed by atoms with Crippen molar-refractivity contribution >= 4 is 0 Å². The third-order valence-corrected chi connectivity index (χ3v) is 3.25. The smallest absolute Gasteiger partial charge is 0.328 e. The van der Waals surface area contributed by atoms with E-state index in [2.05, 4.69) is 4.98 Å². The molecule has 1 aliphatic rings. The van der Waals surface area contributed by atoms with E-state index in [0.29, 0.717) is 0 Å². The molecule has 0 aromatic carbocycles. The van der Waals surface area contributed by atoms with E-state index < -0.39 is 42.3 Å². The number of H-pyrrole nitrogens is 1. The van der Waals surface area contributed by atoms with Crippen LogP contribution in [0.15, 0.2) is 15.8 Å². The Hall–Kier alpha value is -1.48. The molecule has 1 saturated heterocycles. The molecule has 4 N–H and O–H groups in total. The Morgan fingerprint density at radius 3 is 2.58 bits per heavy atom. The molecule has 0 amide bonds. The van der Waals surface area contributed by atoms with Crippen molar-refractivity contribution in [2.75, 3.05) is 6.61 Å². The third-order valence-electron chi connectivity index (χ3n) is 3.25. The Balaban J connectivity index is 2.44. The lowest BCUT2D eigenvalue weighted by atomic mass is 10.0. The summed E-state index contributed by atoms with van der Waals surface area (Å²) in [5, 5.41) is 28.5. The molecule has 2 heterocycles. The van der Waals surface area contributed by atoms with Crippen LogP contribution in [0.1, 0.15) is 18.6 Å². The average molecular weight is 272 g/mol. The van der Waals surface area contributed by atoms with Crippen molar-refractivity contribution in [1.82, 2.24) is 9.55 Å². The van der Waals surface area contributed by atoms with Crippen molar-refractivity contribution < 1.29 is 20.1 Å². The van der Waals surface area contributed by atoms with Crippen LogP contribution in [-0.2, 0) is 11.3 Å². The number of hydrogen-bond donors (Lipinski definition) is 4. The molecule has 1 aromatic rings. The standard InChI is InChI=1S/C11H16N2O6/c1-2-13-10(17)5(3-12-11(13)18)9-8(16)7(15)6(4-14)19-9/h3,6-9,14-16H,2,4H2,1H3,(H,12,18)/t6-,7-,8-,9-/m1/s1. The summed E-state index contributed by atoms with van der Waals surface area (Å²) in [6.07, 6.45) is -3.48. The fraction of sp³-hybridized carbons (Fsp3) is 0.636. The van der Waals surface area contributed by atoms with Gasteiger partial charge >= 0.3 is 5.69 Å². The van der Waals surface area contributed by atoms with Gasteiger partial charge in [0.15, 0.2) is 0 Å². The summed E-state index contributed by atoms with van der Waals surface area (Å²) >= 11 is 0. The van der Waals surface area contributed by atoms with Gasteiger partial charge in [0.1, 0.15) is 24.4 Å². The van der Waals surface area contributed by atoms with Crippen molar-refractivity contribution in [2.24, 2.45) is 0 Å². The molecule has 0 bridgehead atoms. The second kappa shape index (κ2) is 5.25. The molecular weight excluding hydrogens is 256 g/mol. The number of hydrogen-bond acceptors (Lipinski definition) is 6. The second-order valence-electron chi connectivity index (χ2n) is 4.36. The predicted octanol–water partition coefficient (Wildman–Crippen LogP) is -2.29. The molecule has 0 aliphatic carbocycles. The second-order valence-corrected chi connectivity index (χ2v) is 4.36. The lowest BCUT2D eigenvalue weighted by molar-refractivity contribution is -0.0233. The first kappa shape index (κ1) is 13.9. The number of rotatable bonds is 3. The van der Waals surface area contributed by atoms with E-state index in [1.165, 1.54) is 0 Å². The Kier molecular flexibility index (Phi) is 3.85. The quantitative estimate of drug-likeness (QED) is 0.491. The summed E-state index contributed by atoms with van der Waals surface area (Å²) in [6, 6.07) is 0. The molecule has 19 heavy (non-hydrogen) atoms. The highest BCUT2D eigenvalue weighted by Gasteiger charge is 2.44. The lowest BCUT2D eigenvalue weighted by Crippen LogP contribution is -2.39. The van der Waals surface area contributed by atoms with Gasteiger partial charge in [-0.2, -0.15) is 0 Å². The Morgan fingerprint density at radius 2 is 2.05 bits per heavy atom. The minimum absolute atomic E-state index is 0.0453. The molecular formula is C11H16N2O6. The third kappa shape index (κ3) is 2.23. The van der Waals surface area contributed by atoms with Crippen molar-refractivity contribution in [1.29, 1.82) is 0 Å². The lowest BCUT2D eigenvalue weighted by Gasteiger charge is -2.14. The summed E-state index contributed by atoms with van der Waals surface area (Å²) in [5.41, 5.74) is -1.09. The zero-order chi connectivity index (χ0) is 14.2. The summed E-state index contributed by atoms with van der Waals surface area (Å²) in [7, 11) is 0. The number of aliphatic hydroxyl groups excluding tert-OH is 3. The molecule has 4 atom stereocenters. The number of aliphatic hydroxyl groups is 3. The van der Waals surface area contributed by atoms with Crippen molar-refractivity contribution in [2.45, 2.75) is 37.9 Å². The topological polar surface area (TPSA) is 125 Å². The number of nitrogens with zero attached hydrogens (tertiary/aromatic N) is 1. The fourth-order valence-corrected chi connectivity index (χ4v) is 2.17. The Bertz CT molecular complexity index is 565.